The molecule has 1 N–H and O–H groups in total. The van der Waals surface area contributed by atoms with E-state index in [0.29, 0.717) is 55.8 Å². The summed E-state index contributed by atoms with van der Waals surface area (Å²) in [6.07, 6.45) is 14.0. The van der Waals surface area contributed by atoms with E-state index in [2.05, 4.69) is 123 Å². The summed E-state index contributed by atoms with van der Waals surface area (Å²) in [6, 6.07) is 1.75. The number of carbonyl (C=O) groups excluding carboxylic acids is 8. The molecule has 0 spiro atoms. The van der Waals surface area contributed by atoms with Gasteiger partial charge in [-0.1, -0.05) is 81.5 Å². The summed E-state index contributed by atoms with van der Waals surface area (Å²) in [5.74, 6) is 1.69. The number of fused-ring (bicyclic) bond motifs is 5. The zero-order valence-corrected chi connectivity index (χ0v) is 81.3. The van der Waals surface area contributed by atoms with Gasteiger partial charge in [-0.05, 0) is 273 Å². The lowest BCUT2D eigenvalue weighted by molar-refractivity contribution is -0.164. The van der Waals surface area contributed by atoms with Crippen molar-refractivity contribution >= 4 is 98.1 Å². The van der Waals surface area contributed by atoms with Gasteiger partial charge in [0.25, 0.3) is 0 Å². The zero-order valence-electron chi connectivity index (χ0n) is 75.3. The molecular formula is C82H160O22Si6. The summed E-state index contributed by atoms with van der Waals surface area (Å²) in [5, 5.41) is 9.51. The first-order valence-electron chi connectivity index (χ1n) is 40.5. The van der Waals surface area contributed by atoms with Crippen LogP contribution in [0.4, 0.5) is 0 Å². The fraction of sp³-hybridized carbons (Fsp3) is 0.829. The third kappa shape index (κ3) is 48.9. The molecule has 3 aliphatic rings. The van der Waals surface area contributed by atoms with Gasteiger partial charge in [-0.25, -0.2) is 4.79 Å². The number of allylic oxidation sites excluding steroid dienone is 1. The van der Waals surface area contributed by atoms with E-state index >= 15 is 0 Å². The van der Waals surface area contributed by atoms with Gasteiger partial charge in [0.15, 0.2) is 41.6 Å². The second kappa shape index (κ2) is 51.8. The van der Waals surface area contributed by atoms with Crippen LogP contribution in [0.5, 0.6) is 0 Å². The first kappa shape index (κ1) is 110. The molecule has 0 heterocycles. The second-order valence-electron chi connectivity index (χ2n) is 36.6. The fourth-order valence-corrected chi connectivity index (χ4v) is 33.9. The summed E-state index contributed by atoms with van der Waals surface area (Å²) < 4.78 is 72.1. The quantitative estimate of drug-likeness (QED) is 0.0113. The first-order valence-corrected chi connectivity index (χ1v) is 59.2. The minimum Gasteiger partial charge on any atom is -0.491 e. The van der Waals surface area contributed by atoms with Gasteiger partial charge in [0.2, 0.25) is 0 Å². The van der Waals surface area contributed by atoms with E-state index < -0.39 is 73.8 Å². The standard InChI is InChI=1S/C18H44O5Si4.C16H26O2.C14H22O6.C14H32O3Si2.C13H22O4.C7H14O2/c1-13-18(2,3)17(19)20-15-14-16-27(21-24(4,5)6,22-25(7,8)9)23-26(10,11)12;1-4-16(2,3)15(17)18-14-9-10-8-13(14)12-7-5-6-11(10)12;1-4-11(3)14(17)20-10-9-19-13(16)7-6-8-18-12(15)5-2;1-9-14(2,3)13(15)16-11-10-12-19(7,8)17-18(4,5)6;1-6-10(4)13(15)17-8-12(14)7-16-11(5)9(2)3;1-5-7(2,3)6(8)9-4/h13-16H2,1-12H3;10-14H,4-9H2,1-3H3;5,11H,2,4,6-10H2,1,3H3;9-12H2,1-8H3;10,12,14H,2,5-8H2,1,3-4H3;5H2,1-4H3. The summed E-state index contributed by atoms with van der Waals surface area (Å²) in [7, 11) is -10.1. The largest absolute Gasteiger partial charge is 0.491 e. The maximum Gasteiger partial charge on any atom is 0.469 e. The van der Waals surface area contributed by atoms with Crippen LogP contribution >= 0.6 is 0 Å². The van der Waals surface area contributed by atoms with E-state index in [1.165, 1.54) is 32.8 Å². The average molecular weight is 1670 g/mol. The molecule has 0 aromatic carbocycles. The molecule has 8 unspecified atom stereocenters. The molecule has 3 fully saturated rings. The molecule has 3 rings (SSSR count). The Bertz CT molecular complexity index is 2740. The Kier molecular flexibility index (Phi) is 51.8. The molecule has 28 heteroatoms. The highest BCUT2D eigenvalue weighted by molar-refractivity contribution is 6.90. The van der Waals surface area contributed by atoms with Crippen molar-refractivity contribution in [3.63, 3.8) is 0 Å². The maximum absolute atomic E-state index is 12.2. The minimum atomic E-state index is -2.83. The van der Waals surface area contributed by atoms with Gasteiger partial charge in [0, 0.05) is 18.5 Å². The van der Waals surface area contributed by atoms with E-state index in [-0.39, 0.29) is 109 Å². The predicted octanol–water partition coefficient (Wildman–Crippen LogP) is 19.3. The fourth-order valence-electron chi connectivity index (χ4n) is 11.3. The van der Waals surface area contributed by atoms with E-state index in [9.17, 15) is 43.5 Å². The summed E-state index contributed by atoms with van der Waals surface area (Å²) in [6.45, 7) is 75.1. The summed E-state index contributed by atoms with van der Waals surface area (Å²) >= 11 is 0. The monoisotopic (exact) mass is 1670 g/mol. The Balaban J connectivity index is -0.00000127. The first-order chi connectivity index (χ1) is 50.2. The van der Waals surface area contributed by atoms with Gasteiger partial charge in [0.05, 0.1) is 60.4 Å². The van der Waals surface area contributed by atoms with Crippen LogP contribution in [0.3, 0.4) is 0 Å². The van der Waals surface area contributed by atoms with Gasteiger partial charge < -0.3 is 64.2 Å². The van der Waals surface area contributed by atoms with Crippen molar-refractivity contribution in [2.45, 2.75) is 330 Å². The molecular weight excluding hydrogens is 1510 g/mol. The number of carbonyl (C=O) groups is 8. The van der Waals surface area contributed by atoms with Crippen molar-refractivity contribution in [2.24, 2.45) is 57.2 Å². The molecule has 0 amide bonds. The van der Waals surface area contributed by atoms with Gasteiger partial charge in [-0.3, -0.25) is 33.6 Å². The molecule has 3 aliphatic carbocycles. The van der Waals surface area contributed by atoms with Crippen LogP contribution < -0.4 is 0 Å². The van der Waals surface area contributed by atoms with Crippen molar-refractivity contribution in [2.75, 3.05) is 53.4 Å². The highest BCUT2D eigenvalue weighted by atomic mass is 28.5. The van der Waals surface area contributed by atoms with E-state index in [4.69, 9.17) is 54.4 Å². The Morgan fingerprint density at radius 3 is 1.29 bits per heavy atom. The molecule has 0 aromatic heterocycles. The van der Waals surface area contributed by atoms with E-state index in [1.54, 1.807) is 20.8 Å². The van der Waals surface area contributed by atoms with Crippen LogP contribution in [0, 0.1) is 57.2 Å². The number of esters is 8. The molecule has 3 saturated carbocycles. The van der Waals surface area contributed by atoms with Gasteiger partial charge in [-0.2, -0.15) is 0 Å². The third-order valence-electron chi connectivity index (χ3n) is 19.4. The van der Waals surface area contributed by atoms with Crippen molar-refractivity contribution in [1.29, 1.82) is 0 Å². The highest BCUT2D eigenvalue weighted by Gasteiger charge is 2.56. The Morgan fingerprint density at radius 1 is 0.482 bits per heavy atom. The number of methoxy groups -OCH3 is 1. The molecule has 110 heavy (non-hydrogen) atoms. The Hall–Kier alpha value is -4.12. The average Bonchev–Trinajstić information content (AvgIpc) is 1.59. The molecule has 0 radical (unpaired) electrons. The van der Waals surface area contributed by atoms with Gasteiger partial charge in [-0.15, -0.1) is 0 Å². The molecule has 0 saturated heterocycles. The van der Waals surface area contributed by atoms with Crippen molar-refractivity contribution < 1.29 is 103 Å². The van der Waals surface area contributed by atoms with Gasteiger partial charge in [0.1, 0.15) is 44.4 Å². The van der Waals surface area contributed by atoms with Crippen LogP contribution in [0.1, 0.15) is 214 Å². The number of ether oxygens (including phenoxy) is 9. The Morgan fingerprint density at radius 2 is 0.882 bits per heavy atom. The van der Waals surface area contributed by atoms with Crippen LogP contribution in [-0.2, 0) is 97.4 Å². The van der Waals surface area contributed by atoms with Gasteiger partial charge >= 0.3 is 56.6 Å². The van der Waals surface area contributed by atoms with E-state index in [1.807, 2.05) is 90.0 Å². The Labute approximate surface area is 674 Å². The highest BCUT2D eigenvalue weighted by Crippen LogP contribution is 2.59. The van der Waals surface area contributed by atoms with E-state index in [0.717, 1.165) is 74.8 Å². The normalized spacial score (nSPS) is 17.8. The number of aliphatic hydroxyl groups is 1. The van der Waals surface area contributed by atoms with Crippen molar-refractivity contribution in [3.8, 4) is 0 Å². The smallest absolute Gasteiger partial charge is 0.469 e. The summed E-state index contributed by atoms with van der Waals surface area (Å²) in [5.41, 5.74) is -0.714. The number of hydrogen-bond acceptors (Lipinski definition) is 22. The van der Waals surface area contributed by atoms with Crippen molar-refractivity contribution in [1.82, 2.24) is 0 Å². The minimum absolute atomic E-state index is 0.0251. The van der Waals surface area contributed by atoms with Crippen LogP contribution in [0.25, 0.3) is 0 Å². The molecule has 8 atom stereocenters. The van der Waals surface area contributed by atoms with Crippen molar-refractivity contribution in [3.05, 3.63) is 37.1 Å². The van der Waals surface area contributed by atoms with Crippen LogP contribution in [0.2, 0.25) is 104 Å². The lowest BCUT2D eigenvalue weighted by Gasteiger charge is -2.42. The SMILES string of the molecule is C=C(C)C(=C)OCC(O)COC(=O)C(C)CC.C=CC(=O)OCCCC(=O)OCCOC(=O)C(C)CC.CCC(C)(C)C(=O)OC.CCC(C)(C)C(=O)OC1CC2CC1C1CCCC21.CCC(C)(C)C(=O)OCCC[Si](C)(C)O[Si](C)(C)C.CCC(C)(C)C(=O)OCCC[Si](O[Si](C)(C)C)(O[Si](C)(C)C)O[Si](C)(C)C. The number of hydrogen-bond donors (Lipinski definition) is 1. The number of rotatable bonds is 43. The summed E-state index contributed by atoms with van der Waals surface area (Å²) in [4.78, 5) is 91.7. The van der Waals surface area contributed by atoms with Crippen LogP contribution in [0.15, 0.2) is 37.1 Å². The topological polar surface area (TPSA) is 277 Å². The molecule has 0 aliphatic heterocycles. The number of aliphatic hydroxyl groups excluding tert-OH is 1. The lowest BCUT2D eigenvalue weighted by Crippen LogP contribution is -2.60. The molecule has 22 nitrogen and oxygen atoms in total. The third-order valence-corrected chi connectivity index (χ3v) is 37.7. The zero-order chi connectivity index (χ0) is 86.3. The predicted molar refractivity (Wildman–Crippen MR) is 455 cm³/mol. The van der Waals surface area contributed by atoms with Crippen LogP contribution in [-0.4, -0.2) is 169 Å². The maximum atomic E-state index is 12.2. The second-order valence-corrected chi connectivity index (χ2v) is 62.6. The molecule has 644 valence electrons. The lowest BCUT2D eigenvalue weighted by atomic mass is 9.80. The molecule has 0 aromatic rings. The molecule has 2 bridgehead atoms.